The van der Waals surface area contributed by atoms with Crippen molar-refractivity contribution in [3.63, 3.8) is 0 Å². The molecule has 0 saturated heterocycles. The molecule has 1 aliphatic rings. The van der Waals surface area contributed by atoms with Crippen molar-refractivity contribution in [3.05, 3.63) is 12.4 Å². The molecule has 0 bridgehead atoms. The van der Waals surface area contributed by atoms with Crippen LogP contribution in [0.3, 0.4) is 0 Å². The second-order valence-electron chi connectivity index (χ2n) is 5.12. The van der Waals surface area contributed by atoms with E-state index in [2.05, 4.69) is 33.8 Å². The van der Waals surface area contributed by atoms with E-state index in [1.807, 2.05) is 17.8 Å². The lowest BCUT2D eigenvalue weighted by atomic mass is 9.88. The Hall–Kier alpha value is -0.970. The number of nitrogens with zero attached hydrogens (tertiary/aromatic N) is 2. The molecule has 4 nitrogen and oxygen atoms in total. The maximum Gasteiger partial charge on any atom is 0.131 e. The second-order valence-corrected chi connectivity index (χ2v) is 6.39. The first-order chi connectivity index (χ1) is 9.28. The monoisotopic (exact) mass is 280 g/mol. The van der Waals surface area contributed by atoms with Crippen molar-refractivity contribution in [3.8, 4) is 0 Å². The first-order valence-electron chi connectivity index (χ1n) is 7.13. The molecule has 0 aliphatic heterocycles. The number of rotatable bonds is 6. The van der Waals surface area contributed by atoms with E-state index in [4.69, 9.17) is 0 Å². The van der Waals surface area contributed by atoms with Crippen LogP contribution in [0, 0.1) is 0 Å². The van der Waals surface area contributed by atoms with Gasteiger partial charge in [0.05, 0.1) is 0 Å². The van der Waals surface area contributed by atoms with Gasteiger partial charge in [0.2, 0.25) is 0 Å². The number of thioether (sulfide) groups is 1. The molecular formula is C14H24N4S. The first kappa shape index (κ1) is 14.4. The fraction of sp³-hybridized carbons (Fsp3) is 0.714. The van der Waals surface area contributed by atoms with E-state index in [0.29, 0.717) is 4.75 Å². The van der Waals surface area contributed by atoms with Crippen molar-refractivity contribution in [2.75, 3.05) is 30.0 Å². The summed E-state index contributed by atoms with van der Waals surface area (Å²) >= 11 is 2.01. The molecule has 1 aromatic heterocycles. The molecule has 1 heterocycles. The van der Waals surface area contributed by atoms with Crippen LogP contribution in [0.5, 0.6) is 0 Å². The van der Waals surface area contributed by atoms with Gasteiger partial charge in [-0.3, -0.25) is 0 Å². The van der Waals surface area contributed by atoms with Gasteiger partial charge in [-0.1, -0.05) is 19.3 Å². The van der Waals surface area contributed by atoms with Crippen molar-refractivity contribution < 1.29 is 0 Å². The molecular weight excluding hydrogens is 256 g/mol. The Morgan fingerprint density at radius 1 is 1.16 bits per heavy atom. The maximum absolute atomic E-state index is 4.30. The van der Waals surface area contributed by atoms with Crippen LogP contribution in [-0.4, -0.2) is 34.1 Å². The lowest BCUT2D eigenvalue weighted by Crippen LogP contribution is -2.35. The third kappa shape index (κ3) is 4.00. The Balaban J connectivity index is 1.94. The molecule has 19 heavy (non-hydrogen) atoms. The molecule has 1 saturated carbocycles. The van der Waals surface area contributed by atoms with E-state index >= 15 is 0 Å². The Morgan fingerprint density at radius 2 is 1.84 bits per heavy atom. The summed E-state index contributed by atoms with van der Waals surface area (Å²) in [6, 6.07) is 1.99. The second kappa shape index (κ2) is 6.98. The molecule has 1 aromatic rings. The summed E-state index contributed by atoms with van der Waals surface area (Å²) in [4.78, 5) is 8.49. The lowest BCUT2D eigenvalue weighted by Gasteiger charge is -2.36. The molecule has 0 amide bonds. The van der Waals surface area contributed by atoms with Gasteiger partial charge in [-0.25, -0.2) is 9.97 Å². The number of hydrogen-bond donors (Lipinski definition) is 2. The molecule has 0 radical (unpaired) electrons. The third-order valence-electron chi connectivity index (χ3n) is 3.81. The smallest absolute Gasteiger partial charge is 0.131 e. The maximum atomic E-state index is 4.30. The van der Waals surface area contributed by atoms with Gasteiger partial charge in [-0.2, -0.15) is 11.8 Å². The SMILES string of the molecule is CCNc1cc(NCC2(SC)CCCCC2)ncn1. The van der Waals surface area contributed by atoms with Crippen LogP contribution in [0.1, 0.15) is 39.0 Å². The summed E-state index contributed by atoms with van der Waals surface area (Å²) in [6.45, 7) is 3.95. The standard InChI is InChI=1S/C14H24N4S/c1-3-15-12-9-13(18-11-17-12)16-10-14(19-2)7-5-4-6-8-14/h9,11H,3-8,10H2,1-2H3,(H2,15,16,17,18). The summed E-state index contributed by atoms with van der Waals surface area (Å²) in [7, 11) is 0. The van der Waals surface area contributed by atoms with Crippen LogP contribution < -0.4 is 10.6 Å². The van der Waals surface area contributed by atoms with Crippen LogP contribution in [0.25, 0.3) is 0 Å². The normalized spacial score (nSPS) is 18.0. The predicted octanol–water partition coefficient (Wildman–Crippen LogP) is 3.39. The minimum absolute atomic E-state index is 0.390. The highest BCUT2D eigenvalue weighted by Crippen LogP contribution is 2.38. The highest BCUT2D eigenvalue weighted by molar-refractivity contribution is 8.00. The Kier molecular flexibility index (Phi) is 5.31. The topological polar surface area (TPSA) is 49.8 Å². The van der Waals surface area contributed by atoms with Crippen LogP contribution in [-0.2, 0) is 0 Å². The van der Waals surface area contributed by atoms with Crippen molar-refractivity contribution in [1.29, 1.82) is 0 Å². The van der Waals surface area contributed by atoms with Crippen LogP contribution in [0.4, 0.5) is 11.6 Å². The Labute approximate surface area is 120 Å². The van der Waals surface area contributed by atoms with E-state index in [0.717, 1.165) is 24.7 Å². The van der Waals surface area contributed by atoms with E-state index < -0.39 is 0 Å². The van der Waals surface area contributed by atoms with Gasteiger partial charge < -0.3 is 10.6 Å². The summed E-state index contributed by atoms with van der Waals surface area (Å²) in [5, 5.41) is 6.71. The molecule has 2 rings (SSSR count). The van der Waals surface area contributed by atoms with Gasteiger partial charge in [0.25, 0.3) is 0 Å². The largest absolute Gasteiger partial charge is 0.370 e. The fourth-order valence-electron chi connectivity index (χ4n) is 2.63. The molecule has 5 heteroatoms. The van der Waals surface area contributed by atoms with Gasteiger partial charge >= 0.3 is 0 Å². The number of nitrogens with one attached hydrogen (secondary N) is 2. The first-order valence-corrected chi connectivity index (χ1v) is 8.35. The minimum atomic E-state index is 0.390. The zero-order valence-electron chi connectivity index (χ0n) is 11.9. The minimum Gasteiger partial charge on any atom is -0.370 e. The number of hydrogen-bond acceptors (Lipinski definition) is 5. The van der Waals surface area contributed by atoms with Gasteiger partial charge in [0.15, 0.2) is 0 Å². The lowest BCUT2D eigenvalue weighted by molar-refractivity contribution is 0.411. The highest BCUT2D eigenvalue weighted by Gasteiger charge is 2.30. The number of anilines is 2. The summed E-state index contributed by atoms with van der Waals surface area (Å²) in [6.07, 6.45) is 10.6. The Bertz CT molecular complexity index is 391. The van der Waals surface area contributed by atoms with Crippen LogP contribution in [0.15, 0.2) is 12.4 Å². The quantitative estimate of drug-likeness (QED) is 0.836. The zero-order chi connectivity index (χ0) is 13.6. The molecule has 0 spiro atoms. The van der Waals surface area contributed by atoms with E-state index in [-0.39, 0.29) is 0 Å². The van der Waals surface area contributed by atoms with Crippen molar-refractivity contribution >= 4 is 23.4 Å². The molecule has 1 fully saturated rings. The van der Waals surface area contributed by atoms with E-state index in [1.54, 1.807) is 6.33 Å². The van der Waals surface area contributed by atoms with Gasteiger partial charge in [-0.05, 0) is 26.0 Å². The molecule has 0 unspecified atom stereocenters. The van der Waals surface area contributed by atoms with E-state index in [9.17, 15) is 0 Å². The Morgan fingerprint density at radius 3 is 2.47 bits per heavy atom. The van der Waals surface area contributed by atoms with Crippen molar-refractivity contribution in [2.24, 2.45) is 0 Å². The van der Waals surface area contributed by atoms with Crippen LogP contribution in [0.2, 0.25) is 0 Å². The molecule has 0 aromatic carbocycles. The summed E-state index contributed by atoms with van der Waals surface area (Å²) in [5.41, 5.74) is 0. The fourth-order valence-corrected chi connectivity index (χ4v) is 3.55. The van der Waals surface area contributed by atoms with Crippen molar-refractivity contribution in [1.82, 2.24) is 9.97 Å². The number of aromatic nitrogens is 2. The molecule has 106 valence electrons. The van der Waals surface area contributed by atoms with Gasteiger partial charge in [0, 0.05) is 23.9 Å². The van der Waals surface area contributed by atoms with Gasteiger partial charge in [-0.15, -0.1) is 0 Å². The van der Waals surface area contributed by atoms with Crippen molar-refractivity contribution in [2.45, 2.75) is 43.8 Å². The van der Waals surface area contributed by atoms with Gasteiger partial charge in [0.1, 0.15) is 18.0 Å². The molecule has 1 aliphatic carbocycles. The molecule has 2 N–H and O–H groups in total. The van der Waals surface area contributed by atoms with Crippen LogP contribution >= 0.6 is 11.8 Å². The van der Waals surface area contributed by atoms with E-state index in [1.165, 1.54) is 32.1 Å². The third-order valence-corrected chi connectivity index (χ3v) is 5.23. The summed E-state index contributed by atoms with van der Waals surface area (Å²) < 4.78 is 0.390. The zero-order valence-corrected chi connectivity index (χ0v) is 12.7. The summed E-state index contributed by atoms with van der Waals surface area (Å²) in [5.74, 6) is 1.81. The average Bonchev–Trinajstić information content (AvgIpc) is 2.47. The molecule has 0 atom stereocenters. The highest BCUT2D eigenvalue weighted by atomic mass is 32.2. The average molecular weight is 280 g/mol. The predicted molar refractivity (Wildman–Crippen MR) is 84.0 cm³/mol.